The Morgan fingerprint density at radius 3 is 1.02 bits per heavy atom. The fraction of sp³-hybridized carbons (Fsp3) is 0.833. The highest BCUT2D eigenvalue weighted by Crippen LogP contribution is 2.32. The Morgan fingerprint density at radius 1 is 0.450 bits per heavy atom. The van der Waals surface area contributed by atoms with Crippen LogP contribution in [-0.2, 0) is 66.5 Å². The molecule has 12 unspecified atom stereocenters. The van der Waals surface area contributed by atoms with E-state index in [2.05, 4.69) is 0 Å². The van der Waals surface area contributed by atoms with Gasteiger partial charge in [-0.3, -0.25) is 19.2 Å². The Hall–Kier alpha value is -2.44. The van der Waals surface area contributed by atoms with Gasteiger partial charge in [-0.25, -0.2) is 0 Å². The molecule has 222 valence electrons. The summed E-state index contributed by atoms with van der Waals surface area (Å²) in [5.41, 5.74) is 0. The first kappa shape index (κ1) is 27.7. The number of hydrogen-bond donors (Lipinski definition) is 2. The minimum atomic E-state index is -0.856. The van der Waals surface area contributed by atoms with E-state index in [-0.39, 0.29) is 39.6 Å². The molecule has 6 saturated heterocycles. The quantitative estimate of drug-likeness (QED) is 0.164. The Labute approximate surface area is 226 Å². The third-order valence-electron chi connectivity index (χ3n) is 7.63. The molecular weight excluding hydrogens is 544 g/mol. The molecule has 0 amide bonds. The van der Waals surface area contributed by atoms with Crippen molar-refractivity contribution < 1.29 is 76.8 Å². The second-order valence-corrected chi connectivity index (χ2v) is 10.4. The number of rotatable bonds is 8. The highest BCUT2D eigenvalue weighted by atomic mass is 16.7. The minimum Gasteiger partial charge on any atom is -0.457 e. The summed E-state index contributed by atoms with van der Waals surface area (Å²) < 4.78 is 54.0. The number of aliphatic hydroxyl groups is 2. The molecule has 6 aliphatic heterocycles. The van der Waals surface area contributed by atoms with Crippen LogP contribution in [0.4, 0.5) is 0 Å². The van der Waals surface area contributed by atoms with Gasteiger partial charge in [0, 0.05) is 0 Å². The lowest BCUT2D eigenvalue weighted by molar-refractivity contribution is -0.165. The maximum absolute atomic E-state index is 12.4. The highest BCUT2D eigenvalue weighted by Gasteiger charge is 2.52. The molecule has 12 atom stereocenters. The molecule has 16 nitrogen and oxygen atoms in total. The molecule has 6 fully saturated rings. The largest absolute Gasteiger partial charge is 0.457 e. The normalized spacial score (nSPS) is 43.1. The van der Waals surface area contributed by atoms with Gasteiger partial charge in [-0.15, -0.1) is 0 Å². The molecule has 0 aliphatic carbocycles. The summed E-state index contributed by atoms with van der Waals surface area (Å²) in [6, 6.07) is 0. The zero-order valence-electron chi connectivity index (χ0n) is 21.2. The molecule has 0 radical (unpaired) electrons. The minimum absolute atomic E-state index is 0.0474. The number of carbonyl (C=O) groups is 4. The molecule has 0 aromatic rings. The van der Waals surface area contributed by atoms with Gasteiger partial charge in [0.05, 0.1) is 39.6 Å². The van der Waals surface area contributed by atoms with E-state index in [9.17, 15) is 29.4 Å². The number of aliphatic hydroxyl groups excluding tert-OH is 2. The van der Waals surface area contributed by atoms with Crippen LogP contribution in [0.25, 0.3) is 0 Å². The van der Waals surface area contributed by atoms with Crippen molar-refractivity contribution in [2.75, 3.05) is 39.6 Å². The lowest BCUT2D eigenvalue weighted by Gasteiger charge is -2.19. The topological polar surface area (TPSA) is 201 Å². The summed E-state index contributed by atoms with van der Waals surface area (Å²) >= 11 is 0. The molecule has 16 heteroatoms. The van der Waals surface area contributed by atoms with Gasteiger partial charge >= 0.3 is 23.9 Å². The van der Waals surface area contributed by atoms with Crippen LogP contribution >= 0.6 is 0 Å². The summed E-state index contributed by atoms with van der Waals surface area (Å²) in [7, 11) is 0. The van der Waals surface area contributed by atoms with Crippen molar-refractivity contribution in [2.45, 2.75) is 86.1 Å². The van der Waals surface area contributed by atoms with Crippen LogP contribution < -0.4 is 0 Å². The van der Waals surface area contributed by atoms with Gasteiger partial charge in [0.2, 0.25) is 0 Å². The number of esters is 4. The van der Waals surface area contributed by atoms with Crippen molar-refractivity contribution in [1.82, 2.24) is 0 Å². The molecule has 0 spiro atoms. The van der Waals surface area contributed by atoms with Crippen molar-refractivity contribution in [2.24, 2.45) is 0 Å². The Morgan fingerprint density at radius 2 is 0.700 bits per heavy atom. The summed E-state index contributed by atoms with van der Waals surface area (Å²) in [6.07, 6.45) is -9.88. The van der Waals surface area contributed by atoms with Gasteiger partial charge in [0.1, 0.15) is 61.7 Å². The standard InChI is InChI=1S/C24H30O16/c25-9-3-31-21-11(5-33-19(9)21)37-15(27)1-17(29)39-13-7-35-24-14(8-36-23(13)24)40-18(30)2-16(28)38-12-6-34-20-10(26)4-32-22(12)20/h9-14,19-26H,1-8H2. The van der Waals surface area contributed by atoms with Crippen LogP contribution in [0, 0.1) is 0 Å². The molecule has 6 rings (SSSR count). The smallest absolute Gasteiger partial charge is 0.317 e. The van der Waals surface area contributed by atoms with E-state index in [0.717, 1.165) is 0 Å². The zero-order chi connectivity index (χ0) is 28.0. The Bertz CT molecular complexity index is 925. The van der Waals surface area contributed by atoms with E-state index in [0.29, 0.717) is 0 Å². The highest BCUT2D eigenvalue weighted by molar-refractivity contribution is 5.92. The maximum atomic E-state index is 12.4. The Balaban J connectivity index is 0.911. The third-order valence-corrected chi connectivity index (χ3v) is 7.63. The van der Waals surface area contributed by atoms with Gasteiger partial charge in [-0.2, -0.15) is 0 Å². The molecule has 40 heavy (non-hydrogen) atoms. The predicted octanol–water partition coefficient (Wildman–Crippen LogP) is -3.47. The van der Waals surface area contributed by atoms with Gasteiger partial charge in [0.15, 0.2) is 24.4 Å². The van der Waals surface area contributed by atoms with E-state index in [4.69, 9.17) is 47.4 Å². The molecular formula is C24H30O16. The summed E-state index contributed by atoms with van der Waals surface area (Å²) in [6.45, 7) is 0.158. The van der Waals surface area contributed by atoms with E-state index < -0.39 is 110 Å². The van der Waals surface area contributed by atoms with Crippen LogP contribution in [-0.4, -0.2) is 147 Å². The number of ether oxygens (including phenoxy) is 10. The van der Waals surface area contributed by atoms with Gasteiger partial charge in [-0.1, -0.05) is 0 Å². The van der Waals surface area contributed by atoms with Crippen molar-refractivity contribution in [3.63, 3.8) is 0 Å². The average Bonchev–Trinajstić information content (AvgIpc) is 3.72. The zero-order valence-corrected chi connectivity index (χ0v) is 21.2. The molecule has 6 heterocycles. The second-order valence-electron chi connectivity index (χ2n) is 10.4. The van der Waals surface area contributed by atoms with E-state index in [1.165, 1.54) is 0 Å². The molecule has 0 aromatic carbocycles. The molecule has 0 saturated carbocycles. The van der Waals surface area contributed by atoms with Crippen molar-refractivity contribution in [3.05, 3.63) is 0 Å². The third kappa shape index (κ3) is 5.54. The first-order valence-corrected chi connectivity index (χ1v) is 13.1. The molecule has 6 aliphatic rings. The number of carbonyl (C=O) groups excluding carboxylic acids is 4. The summed E-state index contributed by atoms with van der Waals surface area (Å²) in [4.78, 5) is 49.2. The van der Waals surface area contributed by atoms with E-state index in [1.807, 2.05) is 0 Å². The molecule has 0 aromatic heterocycles. The van der Waals surface area contributed by atoms with Crippen LogP contribution in [0.3, 0.4) is 0 Å². The lowest BCUT2D eigenvalue weighted by atomic mass is 10.1. The van der Waals surface area contributed by atoms with Gasteiger partial charge < -0.3 is 57.6 Å². The summed E-state index contributed by atoms with van der Waals surface area (Å²) in [5.74, 6) is -3.38. The van der Waals surface area contributed by atoms with Crippen molar-refractivity contribution in [3.8, 4) is 0 Å². The maximum Gasteiger partial charge on any atom is 0.317 e. The van der Waals surface area contributed by atoms with Gasteiger partial charge in [-0.05, 0) is 0 Å². The van der Waals surface area contributed by atoms with Crippen LogP contribution in [0.2, 0.25) is 0 Å². The molecule has 0 bridgehead atoms. The Kier molecular flexibility index (Phi) is 7.93. The van der Waals surface area contributed by atoms with E-state index in [1.54, 1.807) is 0 Å². The fourth-order valence-electron chi connectivity index (χ4n) is 5.80. The number of hydrogen-bond acceptors (Lipinski definition) is 16. The summed E-state index contributed by atoms with van der Waals surface area (Å²) in [5, 5.41) is 19.5. The van der Waals surface area contributed by atoms with Crippen LogP contribution in [0.1, 0.15) is 12.8 Å². The number of fused-ring (bicyclic) bond motifs is 3. The van der Waals surface area contributed by atoms with Crippen molar-refractivity contribution in [1.29, 1.82) is 0 Å². The fourth-order valence-corrected chi connectivity index (χ4v) is 5.80. The second kappa shape index (κ2) is 11.4. The van der Waals surface area contributed by atoms with Crippen LogP contribution in [0.5, 0.6) is 0 Å². The molecule has 2 N–H and O–H groups in total. The lowest BCUT2D eigenvalue weighted by Crippen LogP contribution is -2.37. The first-order chi connectivity index (χ1) is 19.3. The average molecular weight is 574 g/mol. The SMILES string of the molecule is O=C(CC(=O)OC1COC2C(OC(=O)CC(=O)OC3COC4C(O)COC34)COC12)OC1COC2C(O)COC12. The van der Waals surface area contributed by atoms with Gasteiger partial charge in [0.25, 0.3) is 0 Å². The first-order valence-electron chi connectivity index (χ1n) is 13.1. The van der Waals surface area contributed by atoms with E-state index >= 15 is 0 Å². The van der Waals surface area contributed by atoms with Crippen molar-refractivity contribution >= 4 is 23.9 Å². The van der Waals surface area contributed by atoms with Crippen LogP contribution in [0.15, 0.2) is 0 Å². The predicted molar refractivity (Wildman–Crippen MR) is 119 cm³/mol. The monoisotopic (exact) mass is 574 g/mol.